The van der Waals surface area contributed by atoms with Gasteiger partial charge in [-0.1, -0.05) is 0 Å². The molecule has 5 nitrogen and oxygen atoms in total. The number of rotatable bonds is 3. The molecule has 0 saturated carbocycles. The summed E-state index contributed by atoms with van der Waals surface area (Å²) in [6.07, 6.45) is 0. The molecule has 0 aromatic heterocycles. The lowest BCUT2D eigenvalue weighted by atomic mass is 10.9. The highest BCUT2D eigenvalue weighted by Gasteiger charge is 1.97. The van der Waals surface area contributed by atoms with Gasteiger partial charge in [0.15, 0.2) is 0 Å². The van der Waals surface area contributed by atoms with E-state index in [2.05, 4.69) is 15.7 Å². The predicted octanol–water partition coefficient (Wildman–Crippen LogP) is -0.286. The Labute approximate surface area is 60.3 Å². The molecule has 0 atom stereocenters. The van der Waals surface area contributed by atoms with Crippen molar-refractivity contribution in [3.63, 3.8) is 0 Å². The highest BCUT2D eigenvalue weighted by molar-refractivity contribution is 5.71. The molecule has 0 aliphatic carbocycles. The summed E-state index contributed by atoms with van der Waals surface area (Å²) in [6, 6.07) is -0.369. The maximum Gasteiger partial charge on any atom is 0.353 e. The van der Waals surface area contributed by atoms with Gasteiger partial charge in [-0.15, -0.1) is 0 Å². The van der Waals surface area contributed by atoms with Crippen LogP contribution in [0.5, 0.6) is 0 Å². The standard InChI is InChI=1S/C5H13N3O2/c1-4-10-7-5(9)6-8(2)3/h4H2,1-3H3,(H2,6,7,9). The summed E-state index contributed by atoms with van der Waals surface area (Å²) < 4.78 is 0. The van der Waals surface area contributed by atoms with Crippen LogP contribution in [-0.2, 0) is 4.84 Å². The van der Waals surface area contributed by atoms with Crippen molar-refractivity contribution in [3.05, 3.63) is 0 Å². The number of carbonyl (C=O) groups excluding carboxylic acids is 1. The highest BCUT2D eigenvalue weighted by atomic mass is 16.7. The first-order chi connectivity index (χ1) is 4.66. The van der Waals surface area contributed by atoms with Crippen LogP contribution in [-0.4, -0.2) is 31.7 Å². The Morgan fingerprint density at radius 3 is 2.60 bits per heavy atom. The van der Waals surface area contributed by atoms with Crippen molar-refractivity contribution in [3.8, 4) is 0 Å². The fraction of sp³-hybridized carbons (Fsp3) is 0.800. The van der Waals surface area contributed by atoms with Crippen molar-refractivity contribution in [1.29, 1.82) is 0 Å². The normalized spacial score (nSPS) is 9.60. The van der Waals surface area contributed by atoms with Crippen LogP contribution in [0.2, 0.25) is 0 Å². The molecule has 5 heteroatoms. The minimum atomic E-state index is -0.369. The zero-order valence-corrected chi connectivity index (χ0v) is 6.47. The van der Waals surface area contributed by atoms with E-state index in [-0.39, 0.29) is 6.03 Å². The average Bonchev–Trinajstić information content (AvgIpc) is 1.82. The smallest absolute Gasteiger partial charge is 0.272 e. The average molecular weight is 147 g/mol. The summed E-state index contributed by atoms with van der Waals surface area (Å²) in [5, 5.41) is 1.52. The molecule has 2 N–H and O–H groups in total. The quantitative estimate of drug-likeness (QED) is 0.539. The Bertz CT molecular complexity index is 105. The molecule has 0 bridgehead atoms. The van der Waals surface area contributed by atoms with Crippen molar-refractivity contribution in [1.82, 2.24) is 15.9 Å². The van der Waals surface area contributed by atoms with E-state index < -0.39 is 0 Å². The van der Waals surface area contributed by atoms with Crippen molar-refractivity contribution < 1.29 is 9.63 Å². The number of urea groups is 1. The van der Waals surface area contributed by atoms with Crippen LogP contribution >= 0.6 is 0 Å². The van der Waals surface area contributed by atoms with E-state index in [9.17, 15) is 4.79 Å². The van der Waals surface area contributed by atoms with Gasteiger partial charge in [-0.05, 0) is 6.92 Å². The summed E-state index contributed by atoms with van der Waals surface area (Å²) in [6.45, 7) is 2.25. The summed E-state index contributed by atoms with van der Waals surface area (Å²) >= 11 is 0. The Morgan fingerprint density at radius 2 is 2.20 bits per heavy atom. The van der Waals surface area contributed by atoms with Crippen molar-refractivity contribution in [2.24, 2.45) is 0 Å². The van der Waals surface area contributed by atoms with Crippen LogP contribution in [0.3, 0.4) is 0 Å². The Hall–Kier alpha value is -0.810. The van der Waals surface area contributed by atoms with E-state index >= 15 is 0 Å². The van der Waals surface area contributed by atoms with E-state index in [1.54, 1.807) is 21.0 Å². The number of hydrazine groups is 1. The number of nitrogens with zero attached hydrogens (tertiary/aromatic N) is 1. The number of nitrogens with one attached hydrogen (secondary N) is 2. The molecule has 0 aromatic carbocycles. The summed E-state index contributed by atoms with van der Waals surface area (Å²) in [4.78, 5) is 15.2. The first-order valence-electron chi connectivity index (χ1n) is 3.02. The van der Waals surface area contributed by atoms with E-state index in [0.29, 0.717) is 6.61 Å². The fourth-order valence-corrected chi connectivity index (χ4v) is 0.364. The lowest BCUT2D eigenvalue weighted by Gasteiger charge is -2.11. The maximum atomic E-state index is 10.6. The maximum absolute atomic E-state index is 10.6. The Kier molecular flexibility index (Phi) is 4.61. The largest absolute Gasteiger partial charge is 0.353 e. The number of amides is 2. The van der Waals surface area contributed by atoms with Crippen molar-refractivity contribution in [2.75, 3.05) is 20.7 Å². The first kappa shape index (κ1) is 9.19. The topological polar surface area (TPSA) is 53.6 Å². The van der Waals surface area contributed by atoms with Gasteiger partial charge in [0.2, 0.25) is 0 Å². The van der Waals surface area contributed by atoms with E-state index in [0.717, 1.165) is 0 Å². The molecule has 0 heterocycles. The molecule has 0 aromatic rings. The molecule has 60 valence electrons. The third-order valence-corrected chi connectivity index (χ3v) is 0.634. The molecule has 0 unspecified atom stereocenters. The molecular weight excluding hydrogens is 134 g/mol. The molecule has 2 amide bonds. The molecule has 0 saturated heterocycles. The zero-order chi connectivity index (χ0) is 7.98. The first-order valence-corrected chi connectivity index (χ1v) is 3.02. The minimum absolute atomic E-state index is 0.369. The van der Waals surface area contributed by atoms with Gasteiger partial charge in [-0.25, -0.2) is 15.3 Å². The fourth-order valence-electron chi connectivity index (χ4n) is 0.364. The predicted molar refractivity (Wildman–Crippen MR) is 37.0 cm³/mol. The van der Waals surface area contributed by atoms with Crippen LogP contribution in [0.15, 0.2) is 0 Å². The molecule has 0 fully saturated rings. The van der Waals surface area contributed by atoms with Gasteiger partial charge in [-0.2, -0.15) is 0 Å². The van der Waals surface area contributed by atoms with Gasteiger partial charge >= 0.3 is 6.03 Å². The SMILES string of the molecule is CCONC(=O)NN(C)C. The molecule has 0 rings (SSSR count). The van der Waals surface area contributed by atoms with Crippen LogP contribution in [0.1, 0.15) is 6.92 Å². The molecule has 10 heavy (non-hydrogen) atoms. The summed E-state index contributed by atoms with van der Waals surface area (Å²) in [5.41, 5.74) is 4.61. The van der Waals surface area contributed by atoms with Crippen LogP contribution in [0, 0.1) is 0 Å². The van der Waals surface area contributed by atoms with E-state index in [4.69, 9.17) is 0 Å². The number of hydrogen-bond donors (Lipinski definition) is 2. The minimum Gasteiger partial charge on any atom is -0.272 e. The van der Waals surface area contributed by atoms with Gasteiger partial charge in [0.05, 0.1) is 6.61 Å². The second-order valence-corrected chi connectivity index (χ2v) is 1.87. The summed E-state index contributed by atoms with van der Waals surface area (Å²) in [7, 11) is 3.43. The van der Waals surface area contributed by atoms with E-state index in [1.165, 1.54) is 5.01 Å². The van der Waals surface area contributed by atoms with Gasteiger partial charge in [0.1, 0.15) is 0 Å². The Morgan fingerprint density at radius 1 is 1.60 bits per heavy atom. The Balaban J connectivity index is 3.26. The van der Waals surface area contributed by atoms with Gasteiger partial charge in [0, 0.05) is 14.1 Å². The van der Waals surface area contributed by atoms with Gasteiger partial charge in [0.25, 0.3) is 0 Å². The lowest BCUT2D eigenvalue weighted by Crippen LogP contribution is -2.43. The van der Waals surface area contributed by atoms with E-state index in [1.807, 2.05) is 0 Å². The lowest BCUT2D eigenvalue weighted by molar-refractivity contribution is 0.0638. The van der Waals surface area contributed by atoms with Crippen molar-refractivity contribution in [2.45, 2.75) is 6.92 Å². The summed E-state index contributed by atoms with van der Waals surface area (Å²) in [5.74, 6) is 0. The van der Waals surface area contributed by atoms with Crippen LogP contribution in [0.4, 0.5) is 4.79 Å². The van der Waals surface area contributed by atoms with Crippen molar-refractivity contribution >= 4 is 6.03 Å². The van der Waals surface area contributed by atoms with Gasteiger partial charge < -0.3 is 0 Å². The number of carbonyl (C=O) groups is 1. The van der Waals surface area contributed by atoms with Gasteiger partial charge in [-0.3, -0.25) is 10.3 Å². The molecule has 0 spiro atoms. The molecular formula is C5H13N3O2. The molecule has 0 radical (unpaired) electrons. The third kappa shape index (κ3) is 5.33. The molecule has 0 aliphatic rings. The number of hydroxylamine groups is 1. The third-order valence-electron chi connectivity index (χ3n) is 0.634. The second-order valence-electron chi connectivity index (χ2n) is 1.87. The monoisotopic (exact) mass is 147 g/mol. The zero-order valence-electron chi connectivity index (χ0n) is 6.47. The van der Waals surface area contributed by atoms with Crippen LogP contribution in [0.25, 0.3) is 0 Å². The number of hydrogen-bond acceptors (Lipinski definition) is 3. The molecule has 0 aliphatic heterocycles. The second kappa shape index (κ2) is 5.01. The highest BCUT2D eigenvalue weighted by Crippen LogP contribution is 1.68. The van der Waals surface area contributed by atoms with Crippen LogP contribution < -0.4 is 10.9 Å².